The van der Waals surface area contributed by atoms with E-state index in [4.69, 9.17) is 4.42 Å². The lowest BCUT2D eigenvalue weighted by Crippen LogP contribution is -2.32. The van der Waals surface area contributed by atoms with E-state index in [1.807, 2.05) is 6.20 Å². The van der Waals surface area contributed by atoms with E-state index >= 15 is 0 Å². The molecule has 3 heteroatoms. The summed E-state index contributed by atoms with van der Waals surface area (Å²) in [6, 6.07) is 8.80. The van der Waals surface area contributed by atoms with Crippen LogP contribution in [0.3, 0.4) is 0 Å². The highest BCUT2D eigenvalue weighted by Gasteiger charge is 2.19. The lowest BCUT2D eigenvalue weighted by molar-refractivity contribution is -0.697. The lowest BCUT2D eigenvalue weighted by atomic mass is 9.83. The number of hydrogen-bond acceptors (Lipinski definition) is 2. The third-order valence-corrected chi connectivity index (χ3v) is 7.06. The number of unbranched alkanes of at least 4 members (excludes halogenated alkanes) is 9. The molecule has 2 aromatic heterocycles. The van der Waals surface area contributed by atoms with E-state index in [0.29, 0.717) is 5.89 Å². The van der Waals surface area contributed by atoms with Gasteiger partial charge in [-0.05, 0) is 42.4 Å². The predicted molar refractivity (Wildman–Crippen MR) is 148 cm³/mol. The number of nitrogens with zero attached hydrogens (tertiary/aromatic N) is 2. The van der Waals surface area contributed by atoms with Crippen LogP contribution in [0.15, 0.2) is 47.3 Å². The van der Waals surface area contributed by atoms with Crippen LogP contribution in [-0.4, -0.2) is 4.98 Å². The zero-order valence-electron chi connectivity index (χ0n) is 23.1. The van der Waals surface area contributed by atoms with Crippen molar-refractivity contribution < 1.29 is 8.98 Å². The van der Waals surface area contributed by atoms with E-state index in [-0.39, 0.29) is 5.41 Å². The second kappa shape index (κ2) is 13.0. The number of pyridine rings is 1. The van der Waals surface area contributed by atoms with Gasteiger partial charge in [0.2, 0.25) is 5.89 Å². The third kappa shape index (κ3) is 8.05. The Hall–Kier alpha value is -2.42. The number of benzene rings is 1. The Morgan fingerprint density at radius 1 is 0.800 bits per heavy atom. The molecule has 1 aromatic carbocycles. The first-order valence-corrected chi connectivity index (χ1v) is 13.9. The van der Waals surface area contributed by atoms with Crippen LogP contribution in [0.4, 0.5) is 0 Å². The molecule has 0 fully saturated rings. The molecule has 190 valence electrons. The summed E-state index contributed by atoms with van der Waals surface area (Å²) in [5, 5.41) is 0. The maximum atomic E-state index is 6.23. The van der Waals surface area contributed by atoms with Gasteiger partial charge in [0, 0.05) is 29.7 Å². The molecule has 3 rings (SSSR count). The Balaban J connectivity index is 1.50. The Labute approximate surface area is 214 Å². The monoisotopic (exact) mass is 475 g/mol. The van der Waals surface area contributed by atoms with Gasteiger partial charge < -0.3 is 4.42 Å². The van der Waals surface area contributed by atoms with Gasteiger partial charge >= 0.3 is 0 Å². The molecule has 3 nitrogen and oxygen atoms in total. The highest BCUT2D eigenvalue weighted by atomic mass is 16.4. The Bertz CT molecular complexity index is 1020. The van der Waals surface area contributed by atoms with E-state index < -0.39 is 0 Å². The fraction of sp³-hybridized carbons (Fsp3) is 0.562. The first-order chi connectivity index (χ1) is 16.8. The molecule has 0 N–H and O–H groups in total. The molecule has 0 radical (unpaired) electrons. The zero-order chi connectivity index (χ0) is 25.3. The normalized spacial score (nSPS) is 11.8. The molecule has 0 saturated heterocycles. The van der Waals surface area contributed by atoms with E-state index in [1.165, 1.54) is 80.9 Å². The summed E-state index contributed by atoms with van der Waals surface area (Å²) in [6.45, 7) is 14.5. The van der Waals surface area contributed by atoms with Gasteiger partial charge in [-0.25, -0.2) is 9.55 Å². The Morgan fingerprint density at radius 3 is 1.89 bits per heavy atom. The zero-order valence-corrected chi connectivity index (χ0v) is 23.1. The van der Waals surface area contributed by atoms with Crippen molar-refractivity contribution in [2.45, 2.75) is 118 Å². The van der Waals surface area contributed by atoms with Crippen LogP contribution >= 0.6 is 0 Å². The van der Waals surface area contributed by atoms with Crippen LogP contribution in [0.5, 0.6) is 0 Å². The Morgan fingerprint density at radius 2 is 1.34 bits per heavy atom. The van der Waals surface area contributed by atoms with Crippen LogP contribution in [0.25, 0.3) is 22.8 Å². The van der Waals surface area contributed by atoms with Crippen LogP contribution < -0.4 is 4.57 Å². The number of oxazole rings is 1. The molecule has 0 atom stereocenters. The summed E-state index contributed by atoms with van der Waals surface area (Å²) in [4.78, 5) is 4.60. The molecule has 0 bridgehead atoms. The van der Waals surface area contributed by atoms with Crippen molar-refractivity contribution in [2.75, 3.05) is 0 Å². The molecule has 0 unspecified atom stereocenters. The molecule has 0 amide bonds. The van der Waals surface area contributed by atoms with E-state index in [9.17, 15) is 0 Å². The standard InChI is InChI=1S/C32H47N2O/c1-7-8-9-10-11-12-13-14-15-16-19-34-20-17-27(18-21-34)31-33-24-29(35-31)30-25(2)22-28(23-26(30)3)32(4,5)6/h17-18,20-24H,7-16,19H2,1-6H3/q+1. The van der Waals surface area contributed by atoms with Crippen LogP contribution in [0.1, 0.15) is 109 Å². The van der Waals surface area contributed by atoms with Gasteiger partial charge in [-0.3, -0.25) is 0 Å². The highest BCUT2D eigenvalue weighted by molar-refractivity contribution is 5.68. The SMILES string of the molecule is CCCCCCCCCCCC[n+]1ccc(-c2ncc(-c3c(C)cc(C(C)(C)C)cc3C)o2)cc1. The first-order valence-electron chi connectivity index (χ1n) is 13.9. The first kappa shape index (κ1) is 27.2. The molecule has 0 aliphatic heterocycles. The van der Waals surface area contributed by atoms with Crippen molar-refractivity contribution in [3.05, 3.63) is 59.5 Å². The average molecular weight is 476 g/mol. The molecule has 0 spiro atoms. The second-order valence-electron chi connectivity index (χ2n) is 11.3. The van der Waals surface area contributed by atoms with E-state index in [2.05, 4.69) is 87.8 Å². The van der Waals surface area contributed by atoms with E-state index in [0.717, 1.165) is 23.4 Å². The fourth-order valence-corrected chi connectivity index (χ4v) is 4.84. The van der Waals surface area contributed by atoms with Crippen molar-refractivity contribution in [3.63, 3.8) is 0 Å². The summed E-state index contributed by atoms with van der Waals surface area (Å²) in [6.07, 6.45) is 19.9. The minimum atomic E-state index is 0.133. The maximum absolute atomic E-state index is 6.23. The number of aryl methyl sites for hydroxylation is 3. The lowest BCUT2D eigenvalue weighted by Gasteiger charge is -2.21. The van der Waals surface area contributed by atoms with Gasteiger partial charge in [0.05, 0.1) is 6.20 Å². The van der Waals surface area contributed by atoms with Gasteiger partial charge in [-0.2, -0.15) is 0 Å². The van der Waals surface area contributed by atoms with Gasteiger partial charge in [0.15, 0.2) is 18.2 Å². The van der Waals surface area contributed by atoms with E-state index in [1.54, 1.807) is 0 Å². The van der Waals surface area contributed by atoms with Gasteiger partial charge in [0.25, 0.3) is 0 Å². The molecule has 3 aromatic rings. The minimum Gasteiger partial charge on any atom is -0.436 e. The van der Waals surface area contributed by atoms with Crippen molar-refractivity contribution in [1.29, 1.82) is 0 Å². The summed E-state index contributed by atoms with van der Waals surface area (Å²) >= 11 is 0. The third-order valence-electron chi connectivity index (χ3n) is 7.06. The molecular formula is C32H47N2O+. The average Bonchev–Trinajstić information content (AvgIpc) is 3.29. The number of rotatable bonds is 13. The maximum Gasteiger partial charge on any atom is 0.227 e. The molecule has 35 heavy (non-hydrogen) atoms. The Kier molecular flexibility index (Phi) is 10.1. The number of aromatic nitrogens is 2. The highest BCUT2D eigenvalue weighted by Crippen LogP contribution is 2.34. The predicted octanol–water partition coefficient (Wildman–Crippen LogP) is 9.13. The molecule has 2 heterocycles. The molecular weight excluding hydrogens is 428 g/mol. The largest absolute Gasteiger partial charge is 0.436 e. The summed E-state index contributed by atoms with van der Waals surface area (Å²) in [5.74, 6) is 1.53. The number of hydrogen-bond donors (Lipinski definition) is 0. The van der Waals surface area contributed by atoms with Crippen molar-refractivity contribution in [3.8, 4) is 22.8 Å². The van der Waals surface area contributed by atoms with Crippen molar-refractivity contribution in [1.82, 2.24) is 4.98 Å². The van der Waals surface area contributed by atoms with Gasteiger partial charge in [0.1, 0.15) is 6.54 Å². The summed E-state index contributed by atoms with van der Waals surface area (Å²) in [7, 11) is 0. The van der Waals surface area contributed by atoms with Crippen LogP contribution in [0.2, 0.25) is 0 Å². The van der Waals surface area contributed by atoms with Crippen LogP contribution in [-0.2, 0) is 12.0 Å². The van der Waals surface area contributed by atoms with Crippen LogP contribution in [0, 0.1) is 13.8 Å². The smallest absolute Gasteiger partial charge is 0.227 e. The molecule has 0 aliphatic carbocycles. The summed E-state index contributed by atoms with van der Waals surface area (Å²) < 4.78 is 8.50. The fourth-order valence-electron chi connectivity index (χ4n) is 4.84. The van der Waals surface area contributed by atoms with Crippen molar-refractivity contribution in [2.24, 2.45) is 0 Å². The van der Waals surface area contributed by atoms with Crippen molar-refractivity contribution >= 4 is 0 Å². The summed E-state index contributed by atoms with van der Waals surface area (Å²) in [5.41, 5.74) is 6.14. The molecule has 0 saturated carbocycles. The molecule has 0 aliphatic rings. The quantitative estimate of drug-likeness (QED) is 0.182. The topological polar surface area (TPSA) is 29.9 Å². The second-order valence-corrected chi connectivity index (χ2v) is 11.3. The minimum absolute atomic E-state index is 0.133. The van der Waals surface area contributed by atoms with Gasteiger partial charge in [-0.1, -0.05) is 91.2 Å². The van der Waals surface area contributed by atoms with Gasteiger partial charge in [-0.15, -0.1) is 0 Å².